The number of hydrogen-bond acceptors (Lipinski definition) is 5. The molecule has 0 spiro atoms. The highest BCUT2D eigenvalue weighted by Crippen LogP contribution is 2.25. The summed E-state index contributed by atoms with van der Waals surface area (Å²) in [5.41, 5.74) is 1.91. The van der Waals surface area contributed by atoms with Gasteiger partial charge in [-0.05, 0) is 43.5 Å². The average Bonchev–Trinajstić information content (AvgIpc) is 3.07. The Hall–Kier alpha value is -2.29. The van der Waals surface area contributed by atoms with E-state index in [0.29, 0.717) is 6.42 Å². The molecule has 3 aromatic rings. The molecule has 0 radical (unpaired) electrons. The summed E-state index contributed by atoms with van der Waals surface area (Å²) >= 11 is 1.45. The van der Waals surface area contributed by atoms with Crippen LogP contribution < -0.4 is 5.32 Å². The van der Waals surface area contributed by atoms with Crippen LogP contribution in [0.4, 0.5) is 0 Å². The summed E-state index contributed by atoms with van der Waals surface area (Å²) in [5.74, 6) is -0.312. The van der Waals surface area contributed by atoms with E-state index in [0.717, 1.165) is 31.5 Å². The highest BCUT2D eigenvalue weighted by Gasteiger charge is 2.24. The van der Waals surface area contributed by atoms with Crippen molar-refractivity contribution in [3.05, 3.63) is 59.1 Å². The van der Waals surface area contributed by atoms with E-state index in [1.807, 2.05) is 44.2 Å². The second-order valence-corrected chi connectivity index (χ2v) is 10.3. The fourth-order valence-electron chi connectivity index (χ4n) is 3.12. The number of aromatic nitrogens is 1. The molecule has 0 bridgehead atoms. The van der Waals surface area contributed by atoms with E-state index in [-0.39, 0.29) is 23.4 Å². The molecule has 2 aromatic carbocycles. The Morgan fingerprint density at radius 1 is 1.21 bits per heavy atom. The van der Waals surface area contributed by atoms with Crippen LogP contribution in [-0.2, 0) is 21.2 Å². The van der Waals surface area contributed by atoms with E-state index in [2.05, 4.69) is 10.3 Å². The molecule has 0 aliphatic heterocycles. The fourth-order valence-corrected chi connectivity index (χ4v) is 5.21. The number of nitrogens with one attached hydrogen (secondary N) is 1. The monoisotopic (exact) mass is 431 g/mol. The minimum atomic E-state index is -3.77. The van der Waals surface area contributed by atoms with Crippen LogP contribution in [-0.4, -0.2) is 43.2 Å². The van der Waals surface area contributed by atoms with Crippen LogP contribution in [0.25, 0.3) is 10.2 Å². The molecule has 0 fully saturated rings. The van der Waals surface area contributed by atoms with Gasteiger partial charge < -0.3 is 5.32 Å². The minimum Gasteiger partial charge on any atom is -0.352 e. The third-order valence-electron chi connectivity index (χ3n) is 4.72. The number of amides is 1. The standard InChI is InChI=1S/C21H25N3O3S2/c1-4-17(12-16-8-6-5-7-9-16)23-21(25)14-24(3)29(26,27)18-10-11-19-20(13-18)28-15(2)22-19/h5-11,13,17H,4,12,14H2,1-3H3,(H,23,25)/t17-/m0/s1. The van der Waals surface area contributed by atoms with Crippen molar-refractivity contribution >= 4 is 37.5 Å². The summed E-state index contributed by atoms with van der Waals surface area (Å²) < 4.78 is 27.7. The Morgan fingerprint density at radius 3 is 2.62 bits per heavy atom. The Labute approximate surface area is 175 Å². The number of benzene rings is 2. The second kappa shape index (κ2) is 9.02. The number of nitrogens with zero attached hydrogens (tertiary/aromatic N) is 2. The average molecular weight is 432 g/mol. The highest BCUT2D eigenvalue weighted by molar-refractivity contribution is 7.89. The largest absolute Gasteiger partial charge is 0.352 e. The topological polar surface area (TPSA) is 79.4 Å². The minimum absolute atomic E-state index is 0.0440. The zero-order valence-electron chi connectivity index (χ0n) is 16.8. The van der Waals surface area contributed by atoms with Crippen LogP contribution in [0.15, 0.2) is 53.4 Å². The van der Waals surface area contributed by atoms with Crippen molar-refractivity contribution in [1.82, 2.24) is 14.6 Å². The highest BCUT2D eigenvalue weighted by atomic mass is 32.2. The molecule has 29 heavy (non-hydrogen) atoms. The summed E-state index contributed by atoms with van der Waals surface area (Å²) in [6.07, 6.45) is 1.47. The number of rotatable bonds is 8. The third kappa shape index (κ3) is 5.20. The first kappa shape index (κ1) is 21.4. The van der Waals surface area contributed by atoms with Crippen LogP contribution in [0.2, 0.25) is 0 Å². The first-order valence-corrected chi connectivity index (χ1v) is 11.7. The van der Waals surface area contributed by atoms with Gasteiger partial charge in [-0.2, -0.15) is 4.31 Å². The SMILES string of the molecule is CC[C@@H](Cc1ccccc1)NC(=O)CN(C)S(=O)(=O)c1ccc2nc(C)sc2c1. The van der Waals surface area contributed by atoms with Crippen molar-refractivity contribution in [2.75, 3.05) is 13.6 Å². The van der Waals surface area contributed by atoms with Crippen molar-refractivity contribution in [2.24, 2.45) is 0 Å². The number of likely N-dealkylation sites (N-methyl/N-ethyl adjacent to an activating group) is 1. The first-order chi connectivity index (χ1) is 13.8. The molecule has 1 N–H and O–H groups in total. The second-order valence-electron chi connectivity index (χ2n) is 6.99. The quantitative estimate of drug-likeness (QED) is 0.593. The van der Waals surface area contributed by atoms with Gasteiger partial charge in [0.15, 0.2) is 0 Å². The molecule has 154 valence electrons. The molecule has 8 heteroatoms. The molecule has 0 unspecified atom stereocenters. The van der Waals surface area contributed by atoms with Gasteiger partial charge in [-0.15, -0.1) is 11.3 Å². The molecular weight excluding hydrogens is 406 g/mol. The Balaban J connectivity index is 1.66. The maximum Gasteiger partial charge on any atom is 0.243 e. The zero-order chi connectivity index (χ0) is 21.0. The molecule has 1 aromatic heterocycles. The van der Waals surface area contributed by atoms with E-state index in [1.165, 1.54) is 24.5 Å². The lowest BCUT2D eigenvalue weighted by atomic mass is 10.0. The Bertz CT molecular complexity index is 1090. The third-order valence-corrected chi connectivity index (χ3v) is 7.46. The lowest BCUT2D eigenvalue weighted by molar-refractivity contribution is -0.121. The summed E-state index contributed by atoms with van der Waals surface area (Å²) in [4.78, 5) is 17.0. The molecule has 1 amide bonds. The van der Waals surface area contributed by atoms with Crippen molar-refractivity contribution in [1.29, 1.82) is 0 Å². The lowest BCUT2D eigenvalue weighted by Gasteiger charge is -2.21. The van der Waals surface area contributed by atoms with E-state index in [9.17, 15) is 13.2 Å². The predicted molar refractivity (Wildman–Crippen MR) is 117 cm³/mol. The maximum absolute atomic E-state index is 12.9. The summed E-state index contributed by atoms with van der Waals surface area (Å²) in [7, 11) is -2.34. The molecule has 1 atom stereocenters. The van der Waals surface area contributed by atoms with Gasteiger partial charge in [-0.3, -0.25) is 4.79 Å². The van der Waals surface area contributed by atoms with E-state index in [4.69, 9.17) is 0 Å². The number of aryl methyl sites for hydroxylation is 1. The van der Waals surface area contributed by atoms with Crippen LogP contribution in [0.1, 0.15) is 23.9 Å². The normalized spacial score (nSPS) is 13.0. The Kier molecular flexibility index (Phi) is 6.66. The molecule has 6 nitrogen and oxygen atoms in total. The number of thiazole rings is 1. The molecule has 0 saturated carbocycles. The Morgan fingerprint density at radius 2 is 1.93 bits per heavy atom. The van der Waals surface area contributed by atoms with Crippen LogP contribution >= 0.6 is 11.3 Å². The van der Waals surface area contributed by atoms with Gasteiger partial charge in [0.2, 0.25) is 15.9 Å². The van der Waals surface area contributed by atoms with Gasteiger partial charge in [0.05, 0.1) is 26.7 Å². The van der Waals surface area contributed by atoms with Gasteiger partial charge in [-0.1, -0.05) is 37.3 Å². The van der Waals surface area contributed by atoms with E-state index >= 15 is 0 Å². The van der Waals surface area contributed by atoms with Gasteiger partial charge in [-0.25, -0.2) is 13.4 Å². The zero-order valence-corrected chi connectivity index (χ0v) is 18.4. The molecule has 1 heterocycles. The predicted octanol–water partition coefficient (Wildman–Crippen LogP) is 3.36. The van der Waals surface area contributed by atoms with Crippen LogP contribution in [0.3, 0.4) is 0 Å². The van der Waals surface area contributed by atoms with Crippen molar-refractivity contribution < 1.29 is 13.2 Å². The lowest BCUT2D eigenvalue weighted by Crippen LogP contribution is -2.43. The van der Waals surface area contributed by atoms with Gasteiger partial charge in [0.25, 0.3) is 0 Å². The molecule has 0 aliphatic rings. The number of sulfonamides is 1. The number of fused-ring (bicyclic) bond motifs is 1. The summed E-state index contributed by atoms with van der Waals surface area (Å²) in [5, 5.41) is 3.83. The molecule has 0 aliphatic carbocycles. The van der Waals surface area contributed by atoms with Crippen molar-refractivity contribution in [2.45, 2.75) is 37.6 Å². The molecular formula is C21H25N3O3S2. The first-order valence-electron chi connectivity index (χ1n) is 9.46. The summed E-state index contributed by atoms with van der Waals surface area (Å²) in [6, 6.07) is 14.7. The fraction of sp³-hybridized carbons (Fsp3) is 0.333. The number of hydrogen-bond donors (Lipinski definition) is 1. The van der Waals surface area contributed by atoms with Gasteiger partial charge >= 0.3 is 0 Å². The van der Waals surface area contributed by atoms with Crippen molar-refractivity contribution in [3.63, 3.8) is 0 Å². The maximum atomic E-state index is 12.9. The number of carbonyl (C=O) groups is 1. The van der Waals surface area contributed by atoms with Crippen LogP contribution in [0.5, 0.6) is 0 Å². The molecule has 0 saturated heterocycles. The van der Waals surface area contributed by atoms with Gasteiger partial charge in [0, 0.05) is 13.1 Å². The van der Waals surface area contributed by atoms with Crippen molar-refractivity contribution in [3.8, 4) is 0 Å². The van der Waals surface area contributed by atoms with Gasteiger partial charge in [0.1, 0.15) is 0 Å². The number of carbonyl (C=O) groups excluding carboxylic acids is 1. The molecule has 3 rings (SSSR count). The van der Waals surface area contributed by atoms with E-state index < -0.39 is 10.0 Å². The summed E-state index contributed by atoms with van der Waals surface area (Å²) in [6.45, 7) is 3.66. The van der Waals surface area contributed by atoms with Crippen LogP contribution in [0, 0.1) is 6.92 Å². The smallest absolute Gasteiger partial charge is 0.243 e. The van der Waals surface area contributed by atoms with E-state index in [1.54, 1.807) is 12.1 Å².